The highest BCUT2D eigenvalue weighted by Crippen LogP contribution is 2.50. The molecular formula is C14H15N5O7PS-. The van der Waals surface area contributed by atoms with Gasteiger partial charge in [-0.1, -0.05) is 11.8 Å². The van der Waals surface area contributed by atoms with E-state index in [-0.39, 0.29) is 23.7 Å². The fourth-order valence-electron chi connectivity index (χ4n) is 3.05. The maximum Gasteiger partial charge on any atom is 0.280 e. The molecular weight excluding hydrogens is 413 g/mol. The molecule has 0 radical (unpaired) electrons. The summed E-state index contributed by atoms with van der Waals surface area (Å²) >= 11 is 1.23. The normalized spacial score (nSPS) is 32.3. The first kappa shape index (κ1) is 19.4. The fraction of sp³-hybridized carbons (Fsp3) is 0.500. The lowest BCUT2D eigenvalue weighted by atomic mass is 10.1. The number of aliphatic hydroxyl groups excluding tert-OH is 1. The van der Waals surface area contributed by atoms with Gasteiger partial charge in [0.1, 0.15) is 18.3 Å². The van der Waals surface area contributed by atoms with E-state index >= 15 is 0 Å². The van der Waals surface area contributed by atoms with Crippen LogP contribution in [0.3, 0.4) is 0 Å². The third-order valence-corrected chi connectivity index (χ3v) is 6.15. The molecule has 4 heterocycles. The van der Waals surface area contributed by atoms with Crippen molar-refractivity contribution in [1.82, 2.24) is 19.5 Å². The maximum atomic E-state index is 12.2. The van der Waals surface area contributed by atoms with Crippen LogP contribution in [0.15, 0.2) is 9.95 Å². The highest BCUT2D eigenvalue weighted by Gasteiger charge is 2.51. The van der Waals surface area contributed by atoms with Gasteiger partial charge < -0.3 is 29.5 Å². The Hall–Kier alpha value is -1.91. The molecule has 2 aromatic heterocycles. The molecule has 14 heteroatoms. The molecule has 4 N–H and O–H groups in total. The van der Waals surface area contributed by atoms with Crippen LogP contribution in [0.5, 0.6) is 0 Å². The second kappa shape index (κ2) is 7.16. The molecule has 0 aliphatic carbocycles. The number of hydrogen-bond acceptors (Lipinski definition) is 11. The van der Waals surface area contributed by atoms with Crippen molar-refractivity contribution in [3.63, 3.8) is 0 Å². The number of H-pyrrole nitrogens is 1. The molecule has 0 saturated carbocycles. The monoisotopic (exact) mass is 428 g/mol. The van der Waals surface area contributed by atoms with Gasteiger partial charge in [0.05, 0.1) is 6.61 Å². The zero-order chi connectivity index (χ0) is 20.1. The molecule has 2 aromatic rings. The van der Waals surface area contributed by atoms with E-state index in [1.807, 2.05) is 0 Å². The number of anilines is 1. The second-order valence-electron chi connectivity index (χ2n) is 6.06. The Morgan fingerprint density at radius 2 is 2.32 bits per heavy atom. The Morgan fingerprint density at radius 1 is 1.54 bits per heavy atom. The third kappa shape index (κ3) is 3.33. The van der Waals surface area contributed by atoms with Crippen LogP contribution in [0.1, 0.15) is 12.6 Å². The number of terminal acetylenes is 1. The summed E-state index contributed by atoms with van der Waals surface area (Å²) in [6.45, 7) is -0.304. The van der Waals surface area contributed by atoms with Crippen molar-refractivity contribution in [3.8, 4) is 12.3 Å². The summed E-state index contributed by atoms with van der Waals surface area (Å²) in [5.41, 5.74) is 5.16. The van der Waals surface area contributed by atoms with E-state index in [2.05, 4.69) is 25.4 Å². The van der Waals surface area contributed by atoms with Crippen LogP contribution < -0.4 is 16.2 Å². The third-order valence-electron chi connectivity index (χ3n) is 4.23. The van der Waals surface area contributed by atoms with Crippen molar-refractivity contribution >= 4 is 36.7 Å². The number of phosphoric acid groups is 1. The number of rotatable bonds is 4. The molecule has 0 amide bonds. The second-order valence-corrected chi connectivity index (χ2v) is 8.48. The highest BCUT2D eigenvalue weighted by molar-refractivity contribution is 7.99. The van der Waals surface area contributed by atoms with Crippen LogP contribution >= 0.6 is 19.6 Å². The number of nitrogen functional groups attached to an aromatic ring is 1. The lowest BCUT2D eigenvalue weighted by Gasteiger charge is -2.34. The van der Waals surface area contributed by atoms with Crippen molar-refractivity contribution in [3.05, 3.63) is 10.4 Å². The molecule has 0 spiro atoms. The number of thioether (sulfide) groups is 1. The van der Waals surface area contributed by atoms with Crippen LogP contribution in [-0.2, 0) is 18.3 Å². The Bertz CT molecular complexity index is 1060. The first-order chi connectivity index (χ1) is 13.3. The Kier molecular flexibility index (Phi) is 4.96. The molecule has 2 aliphatic rings. The SMILES string of the molecule is C#CCCSc1nc2c(=O)[nH]c(N)nc2n1[C@@H]1OC2COP(=O)([O-])O[C@H]2C1O. The van der Waals surface area contributed by atoms with E-state index in [9.17, 15) is 19.4 Å². The molecule has 0 bridgehead atoms. The number of aromatic amines is 1. The molecule has 4 rings (SSSR count). The number of ether oxygens (including phenoxy) is 1. The number of nitrogens with one attached hydrogen (secondary N) is 1. The average molecular weight is 428 g/mol. The van der Waals surface area contributed by atoms with Crippen molar-refractivity contribution in [2.45, 2.75) is 36.1 Å². The standard InChI is InChI=1S/C14H16N5O7PS/c1-2-3-4-28-14-16-7-10(17-13(15)18-11(7)21)19(14)12-8(20)9-6(25-12)5-24-27(22,23)26-9/h1,6,8-9,12,20H,3-5H2,(H,22,23)(H3,15,17,18,21)/p-1/t6?,8?,9-,12-/m1/s1. The topological polar surface area (TPSA) is 178 Å². The van der Waals surface area contributed by atoms with Crippen molar-refractivity contribution in [2.24, 2.45) is 0 Å². The highest BCUT2D eigenvalue weighted by atomic mass is 32.2. The Morgan fingerprint density at radius 3 is 3.07 bits per heavy atom. The van der Waals surface area contributed by atoms with Crippen molar-refractivity contribution in [2.75, 3.05) is 18.1 Å². The molecule has 2 saturated heterocycles. The predicted octanol–water partition coefficient (Wildman–Crippen LogP) is -1.04. The minimum atomic E-state index is -4.53. The number of phosphoric ester groups is 1. The number of fused-ring (bicyclic) bond motifs is 2. The van der Waals surface area contributed by atoms with Crippen LogP contribution in [0.2, 0.25) is 0 Å². The van der Waals surface area contributed by atoms with Gasteiger partial charge in [-0.3, -0.25) is 18.9 Å². The molecule has 0 aromatic carbocycles. The summed E-state index contributed by atoms with van der Waals surface area (Å²) in [5.74, 6) is 2.83. The van der Waals surface area contributed by atoms with Gasteiger partial charge in [0, 0.05) is 12.2 Å². The summed E-state index contributed by atoms with van der Waals surface area (Å²) in [4.78, 5) is 34.5. The minimum absolute atomic E-state index is 0.00487. The number of aromatic nitrogens is 4. The molecule has 2 aliphatic heterocycles. The van der Waals surface area contributed by atoms with E-state index in [0.29, 0.717) is 17.3 Å². The van der Waals surface area contributed by atoms with Gasteiger partial charge in [0.2, 0.25) is 5.95 Å². The summed E-state index contributed by atoms with van der Waals surface area (Å²) < 4.78 is 28.2. The summed E-state index contributed by atoms with van der Waals surface area (Å²) in [5, 5.41) is 11.0. The van der Waals surface area contributed by atoms with Gasteiger partial charge in [-0.25, -0.2) is 4.98 Å². The number of aliphatic hydroxyl groups is 1. The predicted molar refractivity (Wildman–Crippen MR) is 95.1 cm³/mol. The fourth-order valence-corrected chi connectivity index (χ4v) is 4.89. The number of nitrogens with zero attached hydrogens (tertiary/aromatic N) is 3. The van der Waals surface area contributed by atoms with Crippen LogP contribution in [0.4, 0.5) is 5.95 Å². The number of imidazole rings is 1. The molecule has 12 nitrogen and oxygen atoms in total. The van der Waals surface area contributed by atoms with E-state index in [1.54, 1.807) is 0 Å². The van der Waals surface area contributed by atoms with Crippen molar-refractivity contribution in [1.29, 1.82) is 0 Å². The van der Waals surface area contributed by atoms with Crippen LogP contribution in [-0.4, -0.2) is 55.3 Å². The zero-order valence-electron chi connectivity index (χ0n) is 14.2. The molecule has 3 unspecified atom stereocenters. The van der Waals surface area contributed by atoms with Crippen molar-refractivity contribution < 1.29 is 28.3 Å². The van der Waals surface area contributed by atoms with Gasteiger partial charge >= 0.3 is 0 Å². The first-order valence-electron chi connectivity index (χ1n) is 8.12. The van der Waals surface area contributed by atoms with E-state index in [0.717, 1.165) is 0 Å². The van der Waals surface area contributed by atoms with Gasteiger partial charge in [-0.2, -0.15) is 4.98 Å². The van der Waals surface area contributed by atoms with Gasteiger partial charge in [-0.05, 0) is 0 Å². The van der Waals surface area contributed by atoms with Crippen LogP contribution in [0, 0.1) is 12.3 Å². The summed E-state index contributed by atoms with van der Waals surface area (Å²) in [7, 11) is -4.53. The first-order valence-corrected chi connectivity index (χ1v) is 10.6. The van der Waals surface area contributed by atoms with Gasteiger partial charge in [-0.15, -0.1) is 12.3 Å². The Labute approximate surface area is 162 Å². The Balaban J connectivity index is 1.78. The zero-order valence-corrected chi connectivity index (χ0v) is 15.9. The summed E-state index contributed by atoms with van der Waals surface area (Å²) in [6.07, 6.45) is 1.20. The molecule has 150 valence electrons. The lowest BCUT2D eigenvalue weighted by molar-refractivity contribution is -0.245. The van der Waals surface area contributed by atoms with Gasteiger partial charge in [0.15, 0.2) is 22.5 Å². The van der Waals surface area contributed by atoms with E-state index < -0.39 is 37.9 Å². The van der Waals surface area contributed by atoms with Crippen LogP contribution in [0.25, 0.3) is 11.2 Å². The smallest absolute Gasteiger partial charge is 0.280 e. The average Bonchev–Trinajstić information content (AvgIpc) is 3.12. The largest absolute Gasteiger partial charge is 0.756 e. The molecule has 2 fully saturated rings. The number of nitrogens with two attached hydrogens (primary N) is 1. The van der Waals surface area contributed by atoms with E-state index in [1.165, 1.54) is 16.3 Å². The van der Waals surface area contributed by atoms with E-state index in [4.69, 9.17) is 21.4 Å². The maximum absolute atomic E-state index is 12.2. The minimum Gasteiger partial charge on any atom is -0.756 e. The molecule has 28 heavy (non-hydrogen) atoms. The quantitative estimate of drug-likeness (QED) is 0.234. The molecule has 5 atom stereocenters. The van der Waals surface area contributed by atoms with Gasteiger partial charge in [0.25, 0.3) is 13.4 Å². The summed E-state index contributed by atoms with van der Waals surface area (Å²) in [6, 6.07) is 0. The lowest BCUT2D eigenvalue weighted by Crippen LogP contribution is -2.41. The number of hydrogen-bond donors (Lipinski definition) is 3.